The lowest BCUT2D eigenvalue weighted by Crippen LogP contribution is -2.47. The number of hydrogen-bond donors (Lipinski definition) is 2. The van der Waals surface area contributed by atoms with Crippen LogP contribution in [-0.2, 0) is 9.59 Å². The largest absolute Gasteiger partial charge is 0.480 e. The number of carboxylic acids is 1. The first-order chi connectivity index (χ1) is 11.1. The van der Waals surface area contributed by atoms with Crippen molar-refractivity contribution in [3.8, 4) is 0 Å². The van der Waals surface area contributed by atoms with Crippen LogP contribution in [-0.4, -0.2) is 29.4 Å². The van der Waals surface area contributed by atoms with Gasteiger partial charge in [-0.05, 0) is 25.8 Å². The van der Waals surface area contributed by atoms with Crippen molar-refractivity contribution in [2.75, 3.05) is 6.54 Å². The third kappa shape index (κ3) is 5.76. The number of aliphatic carboxylic acids is 1. The van der Waals surface area contributed by atoms with Crippen molar-refractivity contribution in [2.45, 2.75) is 83.6 Å². The summed E-state index contributed by atoms with van der Waals surface area (Å²) in [4.78, 5) is 24.4. The summed E-state index contributed by atoms with van der Waals surface area (Å²) in [5.41, 5.74) is -1.41. The molecular formula is C19H33NO3. The molecule has 0 amide bonds. The van der Waals surface area contributed by atoms with Gasteiger partial charge in [-0.3, -0.25) is 9.59 Å². The summed E-state index contributed by atoms with van der Waals surface area (Å²) in [7, 11) is 0. The monoisotopic (exact) mass is 323 g/mol. The normalized spacial score (nSPS) is 20.1. The van der Waals surface area contributed by atoms with Gasteiger partial charge in [0.05, 0.1) is 6.04 Å². The number of unbranched alkanes of at least 4 members (excludes halogenated alkanes) is 7. The van der Waals surface area contributed by atoms with Crippen LogP contribution < -0.4 is 5.32 Å². The molecule has 1 heterocycles. The first kappa shape index (κ1) is 19.9. The molecule has 132 valence electrons. The predicted molar refractivity (Wildman–Crippen MR) is 93.5 cm³/mol. The first-order valence-electron chi connectivity index (χ1n) is 9.23. The molecule has 0 bridgehead atoms. The molecule has 0 aromatic heterocycles. The number of carboxylic acid groups (broad SMARTS) is 1. The lowest BCUT2D eigenvalue weighted by molar-refractivity contribution is -0.152. The number of rotatable bonds is 13. The molecule has 0 aromatic carbocycles. The van der Waals surface area contributed by atoms with Gasteiger partial charge in [-0.25, -0.2) is 0 Å². The second-order valence-electron chi connectivity index (χ2n) is 6.72. The molecule has 2 atom stereocenters. The number of carbonyl (C=O) groups excluding carboxylic acids is 1. The van der Waals surface area contributed by atoms with Crippen LogP contribution >= 0.6 is 0 Å². The Bertz CT molecular complexity index is 388. The zero-order chi connectivity index (χ0) is 17.1. The molecule has 1 fully saturated rings. The summed E-state index contributed by atoms with van der Waals surface area (Å²) in [5.74, 6) is -1.26. The molecule has 0 aliphatic carbocycles. The minimum atomic E-state index is -1.41. The van der Waals surface area contributed by atoms with Crippen molar-refractivity contribution in [2.24, 2.45) is 5.41 Å². The van der Waals surface area contributed by atoms with E-state index < -0.39 is 11.4 Å². The standard InChI is InChI=1S/C19H33NO3/c1-3-5-6-7-8-9-10-11-14-19(4-2,18(22)23)17(21)16-13-12-15-20-16/h4,16,20H,2-3,5-15H2,1H3,(H,22,23)/t16-,19?/m0/s1. The van der Waals surface area contributed by atoms with E-state index in [-0.39, 0.29) is 11.8 Å². The molecule has 0 saturated carbocycles. The van der Waals surface area contributed by atoms with Crippen molar-refractivity contribution in [3.05, 3.63) is 12.7 Å². The van der Waals surface area contributed by atoms with E-state index in [1.807, 2.05) is 0 Å². The van der Waals surface area contributed by atoms with E-state index in [0.29, 0.717) is 6.42 Å². The average Bonchev–Trinajstić information content (AvgIpc) is 3.07. The fourth-order valence-electron chi connectivity index (χ4n) is 3.38. The summed E-state index contributed by atoms with van der Waals surface area (Å²) in [5, 5.41) is 12.8. The number of Topliss-reactive ketones (excluding diaryl/α,β-unsaturated/α-hetero) is 1. The van der Waals surface area contributed by atoms with Crippen LogP contribution in [0.25, 0.3) is 0 Å². The van der Waals surface area contributed by atoms with Crippen LogP contribution in [0.5, 0.6) is 0 Å². The third-order valence-corrected chi connectivity index (χ3v) is 4.97. The predicted octanol–water partition coefficient (Wildman–Crippen LogP) is 4.10. The molecule has 1 aliphatic heterocycles. The first-order valence-corrected chi connectivity index (χ1v) is 9.23. The lowest BCUT2D eigenvalue weighted by atomic mass is 9.75. The van der Waals surface area contributed by atoms with Gasteiger partial charge in [-0.15, -0.1) is 6.58 Å². The summed E-state index contributed by atoms with van der Waals surface area (Å²) in [6.45, 7) is 6.66. The number of ketones is 1. The molecule has 1 aliphatic rings. The molecule has 0 radical (unpaired) electrons. The summed E-state index contributed by atoms with van der Waals surface area (Å²) < 4.78 is 0. The number of carbonyl (C=O) groups is 2. The molecule has 2 N–H and O–H groups in total. The second-order valence-corrected chi connectivity index (χ2v) is 6.72. The Labute approximate surface area is 140 Å². The second kappa shape index (κ2) is 10.6. The molecule has 0 spiro atoms. The van der Waals surface area contributed by atoms with Crippen LogP contribution in [0.3, 0.4) is 0 Å². The van der Waals surface area contributed by atoms with Crippen molar-refractivity contribution in [3.63, 3.8) is 0 Å². The highest BCUT2D eigenvalue weighted by atomic mass is 16.4. The molecule has 1 rings (SSSR count). The fraction of sp³-hybridized carbons (Fsp3) is 0.789. The van der Waals surface area contributed by atoms with Crippen LogP contribution in [0.2, 0.25) is 0 Å². The van der Waals surface area contributed by atoms with Gasteiger partial charge < -0.3 is 10.4 Å². The van der Waals surface area contributed by atoms with Gasteiger partial charge in [-0.1, -0.05) is 64.4 Å². The minimum absolute atomic E-state index is 0.208. The van der Waals surface area contributed by atoms with Crippen LogP contribution in [0.4, 0.5) is 0 Å². The quantitative estimate of drug-likeness (QED) is 0.304. The maximum absolute atomic E-state index is 12.7. The van der Waals surface area contributed by atoms with Crippen molar-refractivity contribution >= 4 is 11.8 Å². The van der Waals surface area contributed by atoms with Crippen LogP contribution in [0.15, 0.2) is 12.7 Å². The Morgan fingerprint density at radius 1 is 1.17 bits per heavy atom. The lowest BCUT2D eigenvalue weighted by Gasteiger charge is -2.27. The Morgan fingerprint density at radius 2 is 1.78 bits per heavy atom. The summed E-state index contributed by atoms with van der Waals surface area (Å²) in [6, 6.07) is -0.321. The smallest absolute Gasteiger partial charge is 0.321 e. The molecule has 4 nitrogen and oxygen atoms in total. The highest BCUT2D eigenvalue weighted by Crippen LogP contribution is 2.31. The zero-order valence-corrected chi connectivity index (χ0v) is 14.6. The van der Waals surface area contributed by atoms with Gasteiger partial charge in [0.1, 0.15) is 5.41 Å². The Kier molecular flexibility index (Phi) is 9.15. The molecule has 1 saturated heterocycles. The van der Waals surface area contributed by atoms with Crippen molar-refractivity contribution in [1.82, 2.24) is 5.32 Å². The van der Waals surface area contributed by atoms with Crippen LogP contribution in [0, 0.1) is 5.41 Å². The molecule has 4 heteroatoms. The van der Waals surface area contributed by atoms with E-state index in [4.69, 9.17) is 0 Å². The minimum Gasteiger partial charge on any atom is -0.480 e. The molecular weight excluding hydrogens is 290 g/mol. The van der Waals surface area contributed by atoms with E-state index in [1.54, 1.807) is 0 Å². The van der Waals surface area contributed by atoms with Crippen molar-refractivity contribution < 1.29 is 14.7 Å². The summed E-state index contributed by atoms with van der Waals surface area (Å²) >= 11 is 0. The van der Waals surface area contributed by atoms with Gasteiger partial charge in [0.2, 0.25) is 0 Å². The number of nitrogens with one attached hydrogen (secondary N) is 1. The summed E-state index contributed by atoms with van der Waals surface area (Å²) in [6.07, 6.45) is 12.6. The Morgan fingerprint density at radius 3 is 2.26 bits per heavy atom. The van der Waals surface area contributed by atoms with E-state index in [1.165, 1.54) is 38.2 Å². The molecule has 0 aromatic rings. The van der Waals surface area contributed by atoms with Crippen LogP contribution in [0.1, 0.15) is 77.6 Å². The highest BCUT2D eigenvalue weighted by molar-refractivity contribution is 6.07. The Hall–Kier alpha value is -1.16. The topological polar surface area (TPSA) is 66.4 Å². The highest BCUT2D eigenvalue weighted by Gasteiger charge is 2.46. The van der Waals surface area contributed by atoms with E-state index >= 15 is 0 Å². The van der Waals surface area contributed by atoms with Crippen molar-refractivity contribution in [1.29, 1.82) is 0 Å². The maximum atomic E-state index is 12.7. The fourth-order valence-corrected chi connectivity index (χ4v) is 3.38. The van der Waals surface area contributed by atoms with E-state index in [9.17, 15) is 14.7 Å². The van der Waals surface area contributed by atoms with Gasteiger partial charge >= 0.3 is 5.97 Å². The molecule has 1 unspecified atom stereocenters. The number of hydrogen-bond acceptors (Lipinski definition) is 3. The SMILES string of the molecule is C=CC(CCCCCCCCCC)(C(=O)O)C(=O)[C@@H]1CCCN1. The average molecular weight is 323 g/mol. The van der Waals surface area contributed by atoms with E-state index in [0.717, 1.165) is 38.6 Å². The maximum Gasteiger partial charge on any atom is 0.321 e. The third-order valence-electron chi connectivity index (χ3n) is 4.97. The Balaban J connectivity index is 2.43. The molecule has 23 heavy (non-hydrogen) atoms. The van der Waals surface area contributed by atoms with Gasteiger partial charge in [0.25, 0.3) is 0 Å². The zero-order valence-electron chi connectivity index (χ0n) is 14.6. The van der Waals surface area contributed by atoms with Gasteiger partial charge in [0, 0.05) is 0 Å². The van der Waals surface area contributed by atoms with E-state index in [2.05, 4.69) is 18.8 Å². The van der Waals surface area contributed by atoms with Gasteiger partial charge in [-0.2, -0.15) is 0 Å². The van der Waals surface area contributed by atoms with Gasteiger partial charge in [0.15, 0.2) is 5.78 Å².